The second kappa shape index (κ2) is 4.37. The summed E-state index contributed by atoms with van der Waals surface area (Å²) >= 11 is 0. The highest BCUT2D eigenvalue weighted by Gasteiger charge is 2.02. The molecule has 0 spiro atoms. The fraction of sp³-hybridized carbons (Fsp3) is 0.143. The highest BCUT2D eigenvalue weighted by Crippen LogP contribution is 2.25. The van der Waals surface area contributed by atoms with Crippen LogP contribution in [0.25, 0.3) is 0 Å². The molecule has 5 N–H and O–H groups in total. The largest absolute Gasteiger partial charge is 0.397 e. The second-order valence-electron chi connectivity index (χ2n) is 4.22. The maximum atomic E-state index is 5.78. The minimum Gasteiger partial charge on any atom is -0.397 e. The van der Waals surface area contributed by atoms with Gasteiger partial charge in [-0.3, -0.25) is 0 Å². The number of nitrogens with one attached hydrogen (secondary N) is 1. The van der Waals surface area contributed by atoms with E-state index in [1.54, 1.807) is 0 Å². The number of nitrogen functional groups attached to an aromatic ring is 2. The van der Waals surface area contributed by atoms with Gasteiger partial charge in [0.2, 0.25) is 0 Å². The first-order valence-corrected chi connectivity index (χ1v) is 5.56. The molecular formula is C14H17N3. The highest BCUT2D eigenvalue weighted by atomic mass is 14.9. The standard InChI is InChI=1S/C14H17N3/c1-9-4-3-5-14(10(9)2)17-11-6-7-12(15)13(16)8-11/h3-8,17H,15-16H2,1-2H3. The Balaban J connectivity index is 2.31. The first-order valence-electron chi connectivity index (χ1n) is 5.56. The number of nitrogens with two attached hydrogens (primary N) is 2. The molecule has 2 aromatic carbocycles. The Morgan fingerprint density at radius 1 is 0.941 bits per heavy atom. The summed E-state index contributed by atoms with van der Waals surface area (Å²) < 4.78 is 0. The lowest BCUT2D eigenvalue weighted by Crippen LogP contribution is -1.98. The third-order valence-corrected chi connectivity index (χ3v) is 2.97. The van der Waals surface area contributed by atoms with Gasteiger partial charge in [-0.25, -0.2) is 0 Å². The number of benzene rings is 2. The summed E-state index contributed by atoms with van der Waals surface area (Å²) in [7, 11) is 0. The Bertz CT molecular complexity index is 547. The van der Waals surface area contributed by atoms with Crippen molar-refractivity contribution in [1.29, 1.82) is 0 Å². The SMILES string of the molecule is Cc1cccc(Nc2ccc(N)c(N)c2)c1C. The first-order chi connectivity index (χ1) is 8.08. The molecule has 0 aliphatic carbocycles. The van der Waals surface area contributed by atoms with Crippen LogP contribution in [0, 0.1) is 13.8 Å². The maximum Gasteiger partial charge on any atom is 0.0568 e. The van der Waals surface area contributed by atoms with Crippen LogP contribution in [0.15, 0.2) is 36.4 Å². The van der Waals surface area contributed by atoms with Crippen molar-refractivity contribution in [3.63, 3.8) is 0 Å². The normalized spacial score (nSPS) is 10.2. The van der Waals surface area contributed by atoms with E-state index >= 15 is 0 Å². The molecule has 0 amide bonds. The van der Waals surface area contributed by atoms with Gasteiger partial charge in [0.25, 0.3) is 0 Å². The Kier molecular flexibility index (Phi) is 2.91. The lowest BCUT2D eigenvalue weighted by molar-refractivity contribution is 1.33. The van der Waals surface area contributed by atoms with Gasteiger partial charge in [-0.05, 0) is 49.2 Å². The highest BCUT2D eigenvalue weighted by molar-refractivity contribution is 5.73. The predicted octanol–water partition coefficient (Wildman–Crippen LogP) is 3.21. The van der Waals surface area contributed by atoms with Gasteiger partial charge in [-0.2, -0.15) is 0 Å². The lowest BCUT2D eigenvalue weighted by Gasteiger charge is -2.12. The zero-order chi connectivity index (χ0) is 12.4. The smallest absolute Gasteiger partial charge is 0.0568 e. The van der Waals surface area contributed by atoms with Crippen LogP contribution in [-0.2, 0) is 0 Å². The number of hydrogen-bond donors (Lipinski definition) is 3. The molecule has 17 heavy (non-hydrogen) atoms. The van der Waals surface area contributed by atoms with Crippen molar-refractivity contribution in [3.05, 3.63) is 47.5 Å². The minimum atomic E-state index is 0.598. The van der Waals surface area contributed by atoms with Gasteiger partial charge in [-0.15, -0.1) is 0 Å². The van der Waals surface area contributed by atoms with Crippen LogP contribution in [0.1, 0.15) is 11.1 Å². The molecule has 0 radical (unpaired) electrons. The summed E-state index contributed by atoms with van der Waals surface area (Å²) in [6.45, 7) is 4.19. The fourth-order valence-electron chi connectivity index (χ4n) is 1.69. The quantitative estimate of drug-likeness (QED) is 0.690. The van der Waals surface area contributed by atoms with E-state index in [2.05, 4.69) is 31.3 Å². The summed E-state index contributed by atoms with van der Waals surface area (Å²) in [5.74, 6) is 0. The molecule has 0 aliphatic rings. The van der Waals surface area contributed by atoms with Crippen LogP contribution in [0.5, 0.6) is 0 Å². The Hall–Kier alpha value is -2.16. The molecule has 0 aliphatic heterocycles. The van der Waals surface area contributed by atoms with Gasteiger partial charge in [0, 0.05) is 11.4 Å². The van der Waals surface area contributed by atoms with Crippen LogP contribution in [-0.4, -0.2) is 0 Å². The molecule has 0 aromatic heterocycles. The number of aryl methyl sites for hydroxylation is 1. The minimum absolute atomic E-state index is 0.598. The molecule has 0 bridgehead atoms. The topological polar surface area (TPSA) is 64.1 Å². The molecule has 2 rings (SSSR count). The van der Waals surface area contributed by atoms with E-state index < -0.39 is 0 Å². The van der Waals surface area contributed by atoms with Crippen molar-refractivity contribution in [2.24, 2.45) is 0 Å². The van der Waals surface area contributed by atoms with E-state index in [1.165, 1.54) is 11.1 Å². The molecule has 0 heterocycles. The van der Waals surface area contributed by atoms with Crippen LogP contribution in [0.4, 0.5) is 22.7 Å². The molecule has 0 fully saturated rings. The molecule has 2 aromatic rings. The predicted molar refractivity (Wildman–Crippen MR) is 74.5 cm³/mol. The molecule has 0 saturated carbocycles. The maximum absolute atomic E-state index is 5.78. The zero-order valence-corrected chi connectivity index (χ0v) is 10.1. The Morgan fingerprint density at radius 3 is 2.41 bits per heavy atom. The Morgan fingerprint density at radius 2 is 1.71 bits per heavy atom. The van der Waals surface area contributed by atoms with E-state index in [4.69, 9.17) is 11.5 Å². The van der Waals surface area contributed by atoms with E-state index in [0.717, 1.165) is 11.4 Å². The average molecular weight is 227 g/mol. The zero-order valence-electron chi connectivity index (χ0n) is 10.1. The monoisotopic (exact) mass is 227 g/mol. The third-order valence-electron chi connectivity index (χ3n) is 2.97. The van der Waals surface area contributed by atoms with Gasteiger partial charge in [-0.1, -0.05) is 12.1 Å². The van der Waals surface area contributed by atoms with Crippen molar-refractivity contribution in [2.75, 3.05) is 16.8 Å². The number of hydrogen-bond acceptors (Lipinski definition) is 3. The van der Waals surface area contributed by atoms with Crippen LogP contribution < -0.4 is 16.8 Å². The van der Waals surface area contributed by atoms with Crippen molar-refractivity contribution >= 4 is 22.7 Å². The molecule has 0 saturated heterocycles. The van der Waals surface area contributed by atoms with Crippen LogP contribution in [0.3, 0.4) is 0 Å². The van der Waals surface area contributed by atoms with Gasteiger partial charge < -0.3 is 16.8 Å². The average Bonchev–Trinajstić information content (AvgIpc) is 2.30. The van der Waals surface area contributed by atoms with Crippen molar-refractivity contribution in [2.45, 2.75) is 13.8 Å². The molecular weight excluding hydrogens is 210 g/mol. The summed E-state index contributed by atoms with van der Waals surface area (Å²) in [6.07, 6.45) is 0. The Labute approximate surface area is 101 Å². The van der Waals surface area contributed by atoms with Crippen molar-refractivity contribution in [3.8, 4) is 0 Å². The summed E-state index contributed by atoms with van der Waals surface area (Å²) in [4.78, 5) is 0. The third kappa shape index (κ3) is 2.33. The van der Waals surface area contributed by atoms with Gasteiger partial charge in [0.1, 0.15) is 0 Å². The van der Waals surface area contributed by atoms with Crippen LogP contribution >= 0.6 is 0 Å². The van der Waals surface area contributed by atoms with Gasteiger partial charge in [0.15, 0.2) is 0 Å². The van der Waals surface area contributed by atoms with E-state index in [-0.39, 0.29) is 0 Å². The molecule has 3 heteroatoms. The first kappa shape index (κ1) is 11.3. The van der Waals surface area contributed by atoms with E-state index in [1.807, 2.05) is 24.3 Å². The van der Waals surface area contributed by atoms with Crippen molar-refractivity contribution < 1.29 is 0 Å². The molecule has 3 nitrogen and oxygen atoms in total. The summed E-state index contributed by atoms with van der Waals surface area (Å²) in [6, 6.07) is 11.8. The van der Waals surface area contributed by atoms with Gasteiger partial charge in [0.05, 0.1) is 11.4 Å². The molecule has 0 unspecified atom stereocenters. The number of anilines is 4. The van der Waals surface area contributed by atoms with Crippen LogP contribution in [0.2, 0.25) is 0 Å². The van der Waals surface area contributed by atoms with E-state index in [9.17, 15) is 0 Å². The van der Waals surface area contributed by atoms with Crippen molar-refractivity contribution in [1.82, 2.24) is 0 Å². The number of rotatable bonds is 2. The lowest BCUT2D eigenvalue weighted by atomic mass is 10.1. The summed E-state index contributed by atoms with van der Waals surface area (Å²) in [5.41, 5.74) is 17.2. The summed E-state index contributed by atoms with van der Waals surface area (Å²) in [5, 5.41) is 3.35. The molecule has 0 atom stereocenters. The molecule has 88 valence electrons. The van der Waals surface area contributed by atoms with Gasteiger partial charge >= 0.3 is 0 Å². The fourth-order valence-corrected chi connectivity index (χ4v) is 1.69. The van der Waals surface area contributed by atoms with E-state index in [0.29, 0.717) is 11.4 Å². The second-order valence-corrected chi connectivity index (χ2v) is 4.22.